The molecule has 1 aliphatic heterocycles. The fraction of sp³-hybridized carbons (Fsp3) is 0.583. The van der Waals surface area contributed by atoms with Gasteiger partial charge in [-0.1, -0.05) is 0 Å². The quantitative estimate of drug-likeness (QED) is 0.627. The molecular formula is C12H18N6O3. The Labute approximate surface area is 119 Å². The lowest BCUT2D eigenvalue weighted by molar-refractivity contribution is 0.111. The van der Waals surface area contributed by atoms with Gasteiger partial charge >= 0.3 is 5.69 Å². The zero-order valence-corrected chi connectivity index (χ0v) is 12.1. The number of hydrogen-bond donors (Lipinski definition) is 3. The fourth-order valence-corrected chi connectivity index (χ4v) is 2.62. The zero-order valence-electron chi connectivity index (χ0n) is 12.1. The van der Waals surface area contributed by atoms with Gasteiger partial charge in [0.05, 0.1) is 12.1 Å². The molecule has 1 saturated heterocycles. The van der Waals surface area contributed by atoms with E-state index in [0.29, 0.717) is 17.1 Å². The first-order valence-electron chi connectivity index (χ1n) is 6.68. The second-order valence-electron chi connectivity index (χ2n) is 5.17. The lowest BCUT2D eigenvalue weighted by Gasteiger charge is -2.17. The Morgan fingerprint density at radius 2 is 2.05 bits per heavy atom. The molecule has 3 N–H and O–H groups in total. The third-order valence-corrected chi connectivity index (χ3v) is 3.88. The van der Waals surface area contributed by atoms with Gasteiger partial charge in [0.25, 0.3) is 5.56 Å². The van der Waals surface area contributed by atoms with Crippen LogP contribution < -0.4 is 21.9 Å². The average molecular weight is 294 g/mol. The Hall–Kier alpha value is -2.13. The number of aromatic amines is 1. The van der Waals surface area contributed by atoms with E-state index in [9.17, 15) is 9.59 Å². The van der Waals surface area contributed by atoms with Crippen LogP contribution in [0.15, 0.2) is 9.59 Å². The molecule has 3 heterocycles. The Balaban J connectivity index is 2.02. The van der Waals surface area contributed by atoms with Gasteiger partial charge in [0.1, 0.15) is 0 Å². The molecule has 114 valence electrons. The molecule has 3 rings (SSSR count). The van der Waals surface area contributed by atoms with E-state index in [1.165, 1.54) is 11.6 Å². The molecule has 2 aromatic heterocycles. The Morgan fingerprint density at radius 3 is 2.76 bits per heavy atom. The largest absolute Gasteiger partial charge is 0.378 e. The summed E-state index contributed by atoms with van der Waals surface area (Å²) < 4.78 is 7.77. The Kier molecular flexibility index (Phi) is 3.30. The number of methoxy groups -OCH3 is 1. The maximum atomic E-state index is 12.1. The minimum atomic E-state index is -0.400. The van der Waals surface area contributed by atoms with E-state index < -0.39 is 5.69 Å². The summed E-state index contributed by atoms with van der Waals surface area (Å²) in [7, 11) is 4.69. The number of fused-ring (bicyclic) bond motifs is 1. The molecule has 9 heteroatoms. The van der Waals surface area contributed by atoms with Crippen molar-refractivity contribution in [3.63, 3.8) is 0 Å². The summed E-state index contributed by atoms with van der Waals surface area (Å²) in [6.45, 7) is 1.50. The zero-order chi connectivity index (χ0) is 15.1. The van der Waals surface area contributed by atoms with Crippen molar-refractivity contribution in [3.8, 4) is 0 Å². The molecule has 0 radical (unpaired) electrons. The Bertz CT molecular complexity index is 789. The van der Waals surface area contributed by atoms with Crippen molar-refractivity contribution in [2.75, 3.05) is 25.5 Å². The predicted octanol–water partition coefficient (Wildman–Crippen LogP) is -1.64. The average Bonchev–Trinajstić information content (AvgIpc) is 3.10. The first-order valence-corrected chi connectivity index (χ1v) is 6.68. The highest BCUT2D eigenvalue weighted by molar-refractivity contribution is 5.72. The summed E-state index contributed by atoms with van der Waals surface area (Å²) in [6.07, 6.45) is 0.0323. The van der Waals surface area contributed by atoms with E-state index in [1.807, 2.05) is 0 Å². The highest BCUT2D eigenvalue weighted by atomic mass is 16.5. The van der Waals surface area contributed by atoms with Crippen LogP contribution in [0.5, 0.6) is 0 Å². The molecular weight excluding hydrogens is 276 g/mol. The van der Waals surface area contributed by atoms with Gasteiger partial charge in [0.2, 0.25) is 5.95 Å². The normalized spacial score (nSPS) is 22.0. The van der Waals surface area contributed by atoms with Crippen LogP contribution in [0.1, 0.15) is 0 Å². The predicted molar refractivity (Wildman–Crippen MR) is 77.7 cm³/mol. The molecule has 0 amide bonds. The second kappa shape index (κ2) is 5.01. The third kappa shape index (κ3) is 2.14. The van der Waals surface area contributed by atoms with Gasteiger partial charge in [-0.3, -0.25) is 13.9 Å². The van der Waals surface area contributed by atoms with Crippen LogP contribution >= 0.6 is 0 Å². The number of nitrogens with one attached hydrogen (secondary N) is 3. The molecule has 9 nitrogen and oxygen atoms in total. The van der Waals surface area contributed by atoms with Crippen LogP contribution in [0.4, 0.5) is 5.95 Å². The molecule has 0 aliphatic carbocycles. The molecule has 0 spiro atoms. The topological polar surface area (TPSA) is 106 Å². The van der Waals surface area contributed by atoms with E-state index in [1.54, 1.807) is 14.2 Å². The summed E-state index contributed by atoms with van der Waals surface area (Å²) in [5.74, 6) is 0.457. The molecule has 21 heavy (non-hydrogen) atoms. The van der Waals surface area contributed by atoms with E-state index >= 15 is 0 Å². The lowest BCUT2D eigenvalue weighted by atomic mass is 10.2. The maximum Gasteiger partial charge on any atom is 0.332 e. The van der Waals surface area contributed by atoms with E-state index in [4.69, 9.17) is 4.74 Å². The summed E-state index contributed by atoms with van der Waals surface area (Å²) in [5, 5.41) is 6.43. The van der Waals surface area contributed by atoms with E-state index in [0.717, 1.165) is 17.7 Å². The van der Waals surface area contributed by atoms with Gasteiger partial charge in [-0.25, -0.2) is 4.79 Å². The van der Waals surface area contributed by atoms with Crippen LogP contribution in [0.25, 0.3) is 11.2 Å². The van der Waals surface area contributed by atoms with Gasteiger partial charge < -0.3 is 20.4 Å². The fourth-order valence-electron chi connectivity index (χ4n) is 2.62. The monoisotopic (exact) mass is 294 g/mol. The van der Waals surface area contributed by atoms with Crippen LogP contribution in [-0.2, 0) is 18.8 Å². The third-order valence-electron chi connectivity index (χ3n) is 3.88. The summed E-state index contributed by atoms with van der Waals surface area (Å²) >= 11 is 0. The second-order valence-corrected chi connectivity index (χ2v) is 5.17. The number of hydrogen-bond acceptors (Lipinski definition) is 6. The Morgan fingerprint density at radius 1 is 1.29 bits per heavy atom. The van der Waals surface area contributed by atoms with Crippen molar-refractivity contribution in [1.82, 2.24) is 24.4 Å². The van der Waals surface area contributed by atoms with Gasteiger partial charge in [-0.15, -0.1) is 0 Å². The summed E-state index contributed by atoms with van der Waals surface area (Å²) in [6, 6.07) is 0.0523. The molecule has 1 aliphatic rings. The maximum absolute atomic E-state index is 12.1. The smallest absolute Gasteiger partial charge is 0.332 e. The number of aryl methyl sites for hydroxylation is 1. The van der Waals surface area contributed by atoms with Crippen molar-refractivity contribution >= 4 is 17.1 Å². The lowest BCUT2D eigenvalue weighted by Crippen LogP contribution is -2.36. The summed E-state index contributed by atoms with van der Waals surface area (Å²) in [4.78, 5) is 31.2. The molecule has 2 atom stereocenters. The minimum absolute atomic E-state index is 0.0323. The number of rotatable bonds is 3. The number of aromatic nitrogens is 4. The van der Waals surface area contributed by atoms with Crippen LogP contribution in [0, 0.1) is 0 Å². The number of H-pyrrole nitrogens is 1. The molecule has 0 bridgehead atoms. The molecule has 1 unspecified atom stereocenters. The van der Waals surface area contributed by atoms with Crippen molar-refractivity contribution in [1.29, 1.82) is 0 Å². The number of anilines is 1. The number of ether oxygens (including phenoxy) is 1. The molecule has 1 fully saturated rings. The van der Waals surface area contributed by atoms with Crippen LogP contribution in [0.2, 0.25) is 0 Å². The van der Waals surface area contributed by atoms with Gasteiger partial charge in [0.15, 0.2) is 11.2 Å². The number of nitrogens with zero attached hydrogens (tertiary/aromatic N) is 3. The van der Waals surface area contributed by atoms with Crippen molar-refractivity contribution in [2.45, 2.75) is 12.1 Å². The van der Waals surface area contributed by atoms with Crippen LogP contribution in [-0.4, -0.2) is 51.4 Å². The SMILES string of the molecule is CO[C@H]1CNCC1Nc1nc2c([nH]1)c(=O)n(C)c(=O)n2C. The summed E-state index contributed by atoms with van der Waals surface area (Å²) in [5.41, 5.74) is -0.142. The molecule has 0 aromatic carbocycles. The molecule has 0 saturated carbocycles. The van der Waals surface area contributed by atoms with E-state index in [-0.39, 0.29) is 17.7 Å². The first kappa shape index (κ1) is 13.8. The highest BCUT2D eigenvalue weighted by Crippen LogP contribution is 2.13. The van der Waals surface area contributed by atoms with Gasteiger partial charge in [0, 0.05) is 34.3 Å². The minimum Gasteiger partial charge on any atom is -0.378 e. The van der Waals surface area contributed by atoms with E-state index in [2.05, 4.69) is 20.6 Å². The van der Waals surface area contributed by atoms with Crippen molar-refractivity contribution < 1.29 is 4.74 Å². The number of imidazole rings is 1. The first-order chi connectivity index (χ1) is 10.0. The van der Waals surface area contributed by atoms with Crippen molar-refractivity contribution in [3.05, 3.63) is 20.8 Å². The van der Waals surface area contributed by atoms with Gasteiger partial charge in [-0.2, -0.15) is 4.98 Å². The highest BCUT2D eigenvalue weighted by Gasteiger charge is 2.27. The van der Waals surface area contributed by atoms with Crippen molar-refractivity contribution in [2.24, 2.45) is 14.1 Å². The van der Waals surface area contributed by atoms with Gasteiger partial charge in [-0.05, 0) is 0 Å². The molecule has 2 aromatic rings. The van der Waals surface area contributed by atoms with Crippen LogP contribution in [0.3, 0.4) is 0 Å². The standard InChI is InChI=1S/C12H18N6O3/c1-17-9-8(10(19)18(2)12(17)20)15-11(16-9)14-6-4-13-5-7(6)21-3/h6-7,13H,4-5H2,1-3H3,(H2,14,15,16)/t6?,7-/m0/s1.